The average molecular weight is 272 g/mol. The molecule has 106 valence electrons. The average Bonchev–Trinajstić information content (AvgIpc) is 2.39. The van der Waals surface area contributed by atoms with Crippen LogP contribution >= 0.6 is 0 Å². The number of nitrogens with one attached hydrogen (secondary N) is 2. The topological polar surface area (TPSA) is 61.4 Å². The lowest BCUT2D eigenvalue weighted by Gasteiger charge is -2.16. The number of carbonyl (C=O) groups excluding carboxylic acids is 1. The van der Waals surface area contributed by atoms with Crippen LogP contribution in [-0.4, -0.2) is 30.3 Å². The van der Waals surface area contributed by atoms with Crippen molar-refractivity contribution in [1.82, 2.24) is 10.6 Å². The van der Waals surface area contributed by atoms with Crippen molar-refractivity contribution in [1.29, 1.82) is 0 Å². The number of amides is 2. The van der Waals surface area contributed by atoms with Gasteiger partial charge in [-0.25, -0.2) is 13.6 Å². The van der Waals surface area contributed by atoms with E-state index in [0.29, 0.717) is 5.56 Å². The van der Waals surface area contributed by atoms with Crippen LogP contribution in [0.15, 0.2) is 18.2 Å². The first-order chi connectivity index (χ1) is 8.93. The molecule has 4 nitrogen and oxygen atoms in total. The van der Waals surface area contributed by atoms with Gasteiger partial charge >= 0.3 is 6.03 Å². The molecular formula is C13H18F2N2O2. The largest absolute Gasteiger partial charge is 0.394 e. The first-order valence-electron chi connectivity index (χ1n) is 6.04. The van der Waals surface area contributed by atoms with Gasteiger partial charge in [0, 0.05) is 6.54 Å². The van der Waals surface area contributed by atoms with Gasteiger partial charge in [0.15, 0.2) is 11.6 Å². The normalized spacial score (nSPS) is 13.7. The molecule has 1 rings (SSSR count). The summed E-state index contributed by atoms with van der Waals surface area (Å²) < 4.78 is 25.8. The monoisotopic (exact) mass is 272 g/mol. The Balaban J connectivity index is 2.48. The number of rotatable bonds is 5. The third-order valence-corrected chi connectivity index (χ3v) is 2.73. The van der Waals surface area contributed by atoms with Crippen molar-refractivity contribution in [3.8, 4) is 0 Å². The van der Waals surface area contributed by atoms with Crippen LogP contribution < -0.4 is 10.6 Å². The van der Waals surface area contributed by atoms with Crippen molar-refractivity contribution in [2.75, 3.05) is 13.2 Å². The van der Waals surface area contributed by atoms with Crippen LogP contribution in [0, 0.1) is 11.6 Å². The Morgan fingerprint density at radius 3 is 2.58 bits per heavy atom. The third-order valence-electron chi connectivity index (χ3n) is 2.73. The number of urea groups is 1. The van der Waals surface area contributed by atoms with Crippen LogP contribution in [0.4, 0.5) is 13.6 Å². The number of carbonyl (C=O) groups is 1. The van der Waals surface area contributed by atoms with Gasteiger partial charge < -0.3 is 15.7 Å². The zero-order valence-electron chi connectivity index (χ0n) is 10.9. The summed E-state index contributed by atoms with van der Waals surface area (Å²) in [5, 5.41) is 13.9. The molecule has 6 heteroatoms. The highest BCUT2D eigenvalue weighted by atomic mass is 19.2. The Morgan fingerprint density at radius 2 is 2.00 bits per heavy atom. The lowest BCUT2D eigenvalue weighted by atomic mass is 10.0. The molecule has 3 N–H and O–H groups in total. The minimum Gasteiger partial charge on any atom is -0.394 e. The number of halogens is 2. The Morgan fingerprint density at radius 1 is 1.32 bits per heavy atom. The van der Waals surface area contributed by atoms with Gasteiger partial charge in [0.1, 0.15) is 0 Å². The fourth-order valence-corrected chi connectivity index (χ4v) is 1.50. The molecule has 0 aliphatic rings. The summed E-state index contributed by atoms with van der Waals surface area (Å²) in [6.07, 6.45) is 0. The summed E-state index contributed by atoms with van der Waals surface area (Å²) in [4.78, 5) is 11.4. The molecule has 1 aromatic rings. The van der Waals surface area contributed by atoms with Crippen molar-refractivity contribution in [2.24, 2.45) is 0 Å². The SMILES string of the molecule is C[C@@H](CO)NC(=O)NC[C@H](C)c1ccc(F)c(F)c1. The number of hydrogen-bond acceptors (Lipinski definition) is 2. The Kier molecular flexibility index (Phi) is 5.69. The maximum atomic E-state index is 13.1. The van der Waals surface area contributed by atoms with Crippen LogP contribution in [-0.2, 0) is 0 Å². The molecule has 1 aromatic carbocycles. The van der Waals surface area contributed by atoms with Crippen molar-refractivity contribution in [3.63, 3.8) is 0 Å². The second kappa shape index (κ2) is 7.04. The predicted octanol–water partition coefficient (Wildman–Crippen LogP) is 1.75. The van der Waals surface area contributed by atoms with E-state index in [2.05, 4.69) is 10.6 Å². The number of hydrogen-bond donors (Lipinski definition) is 3. The number of benzene rings is 1. The molecule has 0 saturated carbocycles. The zero-order chi connectivity index (χ0) is 14.4. The van der Waals surface area contributed by atoms with Crippen LogP contribution in [0.3, 0.4) is 0 Å². The van der Waals surface area contributed by atoms with Gasteiger partial charge in [0.05, 0.1) is 12.6 Å². The number of aliphatic hydroxyl groups excluding tert-OH is 1. The third kappa shape index (κ3) is 4.82. The van der Waals surface area contributed by atoms with Gasteiger partial charge in [-0.2, -0.15) is 0 Å². The molecule has 0 aromatic heterocycles. The lowest BCUT2D eigenvalue weighted by Crippen LogP contribution is -2.43. The van der Waals surface area contributed by atoms with Crippen molar-refractivity contribution in [2.45, 2.75) is 25.8 Å². The summed E-state index contributed by atoms with van der Waals surface area (Å²) in [5.74, 6) is -1.94. The summed E-state index contributed by atoms with van der Waals surface area (Å²) in [5.41, 5.74) is 0.606. The fourth-order valence-electron chi connectivity index (χ4n) is 1.50. The van der Waals surface area contributed by atoms with Gasteiger partial charge in [-0.15, -0.1) is 0 Å². The smallest absolute Gasteiger partial charge is 0.315 e. The van der Waals surface area contributed by atoms with E-state index in [1.54, 1.807) is 13.8 Å². The summed E-state index contributed by atoms with van der Waals surface area (Å²) >= 11 is 0. The van der Waals surface area contributed by atoms with Crippen LogP contribution in [0.2, 0.25) is 0 Å². The molecule has 0 saturated heterocycles. The van der Waals surface area contributed by atoms with Gasteiger partial charge in [-0.1, -0.05) is 13.0 Å². The molecule has 0 fully saturated rings. The van der Waals surface area contributed by atoms with Crippen molar-refractivity contribution < 1.29 is 18.7 Å². The van der Waals surface area contributed by atoms with Crippen LogP contribution in [0.1, 0.15) is 25.3 Å². The van der Waals surface area contributed by atoms with Gasteiger partial charge in [0.2, 0.25) is 0 Å². The molecule has 0 aliphatic heterocycles. The van der Waals surface area contributed by atoms with E-state index in [0.717, 1.165) is 12.1 Å². The van der Waals surface area contributed by atoms with Gasteiger partial charge in [-0.3, -0.25) is 0 Å². The molecule has 0 spiro atoms. The molecule has 0 bridgehead atoms. The van der Waals surface area contributed by atoms with Gasteiger partial charge in [0.25, 0.3) is 0 Å². The molecule has 0 unspecified atom stereocenters. The molecule has 2 amide bonds. The predicted molar refractivity (Wildman–Crippen MR) is 67.9 cm³/mol. The fraction of sp³-hybridized carbons (Fsp3) is 0.462. The van der Waals surface area contributed by atoms with E-state index in [4.69, 9.17) is 5.11 Å². The maximum absolute atomic E-state index is 13.1. The first kappa shape index (κ1) is 15.4. The van der Waals surface area contributed by atoms with Crippen molar-refractivity contribution in [3.05, 3.63) is 35.4 Å². The van der Waals surface area contributed by atoms with Crippen LogP contribution in [0.25, 0.3) is 0 Å². The maximum Gasteiger partial charge on any atom is 0.315 e. The highest BCUT2D eigenvalue weighted by molar-refractivity contribution is 5.74. The Labute approximate surface area is 110 Å². The van der Waals surface area contributed by atoms with E-state index in [1.165, 1.54) is 6.07 Å². The van der Waals surface area contributed by atoms with Gasteiger partial charge in [-0.05, 0) is 30.5 Å². The molecule has 0 aliphatic carbocycles. The van der Waals surface area contributed by atoms with E-state index >= 15 is 0 Å². The summed E-state index contributed by atoms with van der Waals surface area (Å²) in [7, 11) is 0. The van der Waals surface area contributed by atoms with Crippen LogP contribution in [0.5, 0.6) is 0 Å². The zero-order valence-corrected chi connectivity index (χ0v) is 10.9. The Hall–Kier alpha value is -1.69. The summed E-state index contributed by atoms with van der Waals surface area (Å²) in [6, 6.07) is 2.93. The van der Waals surface area contributed by atoms with E-state index in [1.807, 2.05) is 0 Å². The minimum atomic E-state index is -0.900. The molecule has 2 atom stereocenters. The molecular weight excluding hydrogens is 254 g/mol. The second-order valence-electron chi connectivity index (χ2n) is 4.51. The number of aliphatic hydroxyl groups is 1. The molecule has 19 heavy (non-hydrogen) atoms. The van der Waals surface area contributed by atoms with E-state index in [-0.39, 0.29) is 25.1 Å². The summed E-state index contributed by atoms with van der Waals surface area (Å²) in [6.45, 7) is 3.60. The van der Waals surface area contributed by atoms with E-state index < -0.39 is 17.7 Å². The molecule has 0 heterocycles. The van der Waals surface area contributed by atoms with Crippen molar-refractivity contribution >= 4 is 6.03 Å². The minimum absolute atomic E-state index is 0.147. The Bertz CT molecular complexity index is 441. The lowest BCUT2D eigenvalue weighted by molar-refractivity contribution is 0.220. The standard InChI is InChI=1S/C13H18F2N2O2/c1-8(6-16-13(19)17-9(2)7-18)10-3-4-11(14)12(15)5-10/h3-5,8-9,18H,6-7H2,1-2H3,(H2,16,17,19)/t8-,9-/m0/s1. The highest BCUT2D eigenvalue weighted by Gasteiger charge is 2.11. The highest BCUT2D eigenvalue weighted by Crippen LogP contribution is 2.17. The van der Waals surface area contributed by atoms with E-state index in [9.17, 15) is 13.6 Å². The molecule has 0 radical (unpaired) electrons. The quantitative estimate of drug-likeness (QED) is 0.764. The second-order valence-corrected chi connectivity index (χ2v) is 4.51. The first-order valence-corrected chi connectivity index (χ1v) is 6.04.